The molecular weight excluding hydrogens is 248 g/mol. The third kappa shape index (κ3) is 17.2. The van der Waals surface area contributed by atoms with Crippen LogP contribution in [0.3, 0.4) is 0 Å². The van der Waals surface area contributed by atoms with Crippen LogP contribution in [0.1, 0.15) is 90.9 Å². The summed E-state index contributed by atoms with van der Waals surface area (Å²) in [5.74, 6) is -0.159. The van der Waals surface area contributed by atoms with Gasteiger partial charge in [-0.3, -0.25) is 4.79 Å². The van der Waals surface area contributed by atoms with Gasteiger partial charge < -0.3 is 4.74 Å². The zero-order valence-corrected chi connectivity index (χ0v) is 13.7. The van der Waals surface area contributed by atoms with Crippen molar-refractivity contribution in [1.82, 2.24) is 0 Å². The van der Waals surface area contributed by atoms with Crippen LogP contribution in [-0.2, 0) is 9.53 Å². The highest BCUT2D eigenvalue weighted by molar-refractivity contribution is 5.65. The minimum absolute atomic E-state index is 0.159. The Morgan fingerprint density at radius 3 is 1.85 bits per heavy atom. The predicted molar refractivity (Wildman–Crippen MR) is 86.9 cm³/mol. The van der Waals surface area contributed by atoms with Gasteiger partial charge in [0.1, 0.15) is 0 Å². The number of hydrogen-bond donors (Lipinski definition) is 0. The molecule has 0 aliphatic rings. The third-order valence-electron chi connectivity index (χ3n) is 3.46. The molecule has 0 rings (SSSR count). The van der Waals surface area contributed by atoms with Gasteiger partial charge in [-0.25, -0.2) is 0 Å². The van der Waals surface area contributed by atoms with Crippen LogP contribution in [0.5, 0.6) is 0 Å². The van der Waals surface area contributed by atoms with Crippen molar-refractivity contribution in [2.45, 2.75) is 90.9 Å². The van der Waals surface area contributed by atoms with Gasteiger partial charge in [-0.1, -0.05) is 70.4 Å². The highest BCUT2D eigenvalue weighted by Gasteiger charge is 1.94. The average molecular weight is 282 g/mol. The average Bonchev–Trinajstić information content (AvgIpc) is 2.43. The van der Waals surface area contributed by atoms with Crippen molar-refractivity contribution < 1.29 is 9.53 Å². The van der Waals surface area contributed by atoms with Gasteiger partial charge in [-0.2, -0.15) is 0 Å². The number of esters is 1. The summed E-state index contributed by atoms with van der Waals surface area (Å²) < 4.78 is 4.90. The molecule has 0 bridgehead atoms. The van der Waals surface area contributed by atoms with Gasteiger partial charge in [-0.15, -0.1) is 0 Å². The lowest BCUT2D eigenvalue weighted by Crippen LogP contribution is -2.00. The quantitative estimate of drug-likeness (QED) is 0.228. The summed E-state index contributed by atoms with van der Waals surface area (Å²) >= 11 is 0. The Hall–Kier alpha value is -0.790. The van der Waals surface area contributed by atoms with E-state index >= 15 is 0 Å². The van der Waals surface area contributed by atoms with Crippen LogP contribution in [-0.4, -0.2) is 12.6 Å². The van der Waals surface area contributed by atoms with Crippen molar-refractivity contribution >= 4 is 5.97 Å². The zero-order chi connectivity index (χ0) is 14.9. The van der Waals surface area contributed by atoms with Crippen molar-refractivity contribution in [2.75, 3.05) is 6.61 Å². The summed E-state index contributed by atoms with van der Waals surface area (Å²) in [5.41, 5.74) is 0. The molecule has 0 radical (unpaired) electrons. The fourth-order valence-corrected chi connectivity index (χ4v) is 2.20. The Labute approximate surface area is 126 Å². The second-order valence-electron chi connectivity index (χ2n) is 5.57. The number of unbranched alkanes of at least 4 members (excludes halogenated alkanes) is 10. The number of hydrogen-bond acceptors (Lipinski definition) is 2. The molecule has 0 aromatic rings. The van der Waals surface area contributed by atoms with Gasteiger partial charge in [0.15, 0.2) is 0 Å². The first-order valence-corrected chi connectivity index (χ1v) is 8.55. The minimum atomic E-state index is -0.159. The van der Waals surface area contributed by atoms with E-state index in [9.17, 15) is 4.79 Å². The van der Waals surface area contributed by atoms with Gasteiger partial charge in [-0.05, 0) is 25.7 Å². The second-order valence-corrected chi connectivity index (χ2v) is 5.57. The van der Waals surface area contributed by atoms with Crippen LogP contribution < -0.4 is 0 Å². The van der Waals surface area contributed by atoms with Gasteiger partial charge in [0.25, 0.3) is 0 Å². The van der Waals surface area contributed by atoms with E-state index in [1.54, 1.807) is 0 Å². The number of carbonyl (C=O) groups is 1. The van der Waals surface area contributed by atoms with Crippen molar-refractivity contribution in [3.8, 4) is 0 Å². The molecule has 0 aromatic carbocycles. The maximum atomic E-state index is 10.6. The van der Waals surface area contributed by atoms with Crippen LogP contribution in [0, 0.1) is 0 Å². The molecule has 0 N–H and O–H groups in total. The fourth-order valence-electron chi connectivity index (χ4n) is 2.20. The van der Waals surface area contributed by atoms with Crippen molar-refractivity contribution in [3.05, 3.63) is 12.2 Å². The summed E-state index contributed by atoms with van der Waals surface area (Å²) in [6, 6.07) is 0. The lowest BCUT2D eigenvalue weighted by molar-refractivity contribution is -0.141. The topological polar surface area (TPSA) is 26.3 Å². The Kier molecular flexibility index (Phi) is 15.6. The monoisotopic (exact) mass is 282 g/mol. The summed E-state index contributed by atoms with van der Waals surface area (Å²) in [5, 5.41) is 0. The summed E-state index contributed by atoms with van der Waals surface area (Å²) in [4.78, 5) is 10.6. The minimum Gasteiger partial charge on any atom is -0.466 e. The number of allylic oxidation sites excluding steroid dienone is 2. The molecule has 0 atom stereocenters. The van der Waals surface area contributed by atoms with Crippen molar-refractivity contribution in [1.29, 1.82) is 0 Å². The molecular formula is C18H34O2. The van der Waals surface area contributed by atoms with Gasteiger partial charge >= 0.3 is 5.97 Å². The lowest BCUT2D eigenvalue weighted by atomic mass is 10.1. The zero-order valence-electron chi connectivity index (χ0n) is 13.7. The molecule has 2 heteroatoms. The third-order valence-corrected chi connectivity index (χ3v) is 3.46. The number of ether oxygens (including phenoxy) is 1. The van der Waals surface area contributed by atoms with E-state index in [1.165, 1.54) is 77.6 Å². The van der Waals surface area contributed by atoms with E-state index in [1.807, 2.05) is 0 Å². The van der Waals surface area contributed by atoms with E-state index in [0.29, 0.717) is 6.61 Å². The smallest absolute Gasteiger partial charge is 0.302 e. The first-order valence-electron chi connectivity index (χ1n) is 8.55. The van der Waals surface area contributed by atoms with Crippen LogP contribution in [0.2, 0.25) is 0 Å². The Morgan fingerprint density at radius 2 is 1.30 bits per heavy atom. The largest absolute Gasteiger partial charge is 0.466 e. The maximum Gasteiger partial charge on any atom is 0.302 e. The molecule has 0 saturated heterocycles. The molecule has 0 aromatic heterocycles. The first-order chi connectivity index (χ1) is 9.77. The highest BCUT2D eigenvalue weighted by atomic mass is 16.5. The normalized spacial score (nSPS) is 11.1. The number of rotatable bonds is 14. The summed E-state index contributed by atoms with van der Waals surface area (Å²) in [6.07, 6.45) is 20.1. The molecule has 0 saturated carbocycles. The van der Waals surface area contributed by atoms with Gasteiger partial charge in [0.05, 0.1) is 6.61 Å². The molecule has 0 amide bonds. The van der Waals surface area contributed by atoms with E-state index in [-0.39, 0.29) is 5.97 Å². The van der Waals surface area contributed by atoms with E-state index in [2.05, 4.69) is 19.1 Å². The maximum absolute atomic E-state index is 10.6. The molecule has 0 unspecified atom stereocenters. The summed E-state index contributed by atoms with van der Waals surface area (Å²) in [6.45, 7) is 4.31. The van der Waals surface area contributed by atoms with E-state index in [0.717, 1.165) is 6.42 Å². The van der Waals surface area contributed by atoms with Crippen LogP contribution in [0.15, 0.2) is 12.2 Å². The van der Waals surface area contributed by atoms with Gasteiger partial charge in [0.2, 0.25) is 0 Å². The summed E-state index contributed by atoms with van der Waals surface area (Å²) in [7, 11) is 0. The molecule has 0 fully saturated rings. The van der Waals surface area contributed by atoms with E-state index in [4.69, 9.17) is 4.74 Å². The van der Waals surface area contributed by atoms with Crippen LogP contribution in [0.25, 0.3) is 0 Å². The molecule has 0 aliphatic heterocycles. The lowest BCUT2D eigenvalue weighted by Gasteiger charge is -2.02. The second kappa shape index (κ2) is 16.3. The van der Waals surface area contributed by atoms with E-state index < -0.39 is 0 Å². The Balaban J connectivity index is 3.02. The van der Waals surface area contributed by atoms with Crippen molar-refractivity contribution in [3.63, 3.8) is 0 Å². The Bertz CT molecular complexity index is 234. The van der Waals surface area contributed by atoms with Crippen LogP contribution >= 0.6 is 0 Å². The number of carbonyl (C=O) groups excluding carboxylic acids is 1. The first kappa shape index (κ1) is 19.2. The molecule has 0 heterocycles. The molecule has 2 nitrogen and oxygen atoms in total. The standard InChI is InChI=1S/C18H34O2/c1-3-4-5-6-7-8-9-10-11-12-13-14-15-16-17-20-18(2)19/h6-7H,3-5,8-17H2,1-2H3/b7-6-. The fraction of sp³-hybridized carbons (Fsp3) is 0.833. The molecule has 0 spiro atoms. The SMILES string of the molecule is CCCC/C=C\CCCCCCCCCCOC(C)=O. The van der Waals surface area contributed by atoms with Crippen LogP contribution in [0.4, 0.5) is 0 Å². The predicted octanol–water partition coefficient (Wildman–Crippen LogP) is 5.81. The van der Waals surface area contributed by atoms with Crippen molar-refractivity contribution in [2.24, 2.45) is 0 Å². The Morgan fingerprint density at radius 1 is 0.800 bits per heavy atom. The highest BCUT2D eigenvalue weighted by Crippen LogP contribution is 2.10. The molecule has 20 heavy (non-hydrogen) atoms. The van der Waals surface area contributed by atoms with Gasteiger partial charge in [0, 0.05) is 6.92 Å². The molecule has 0 aliphatic carbocycles. The molecule has 118 valence electrons.